The summed E-state index contributed by atoms with van der Waals surface area (Å²) in [5.74, 6) is -0.0988. The Labute approximate surface area is 124 Å². The molecule has 1 unspecified atom stereocenters. The van der Waals surface area contributed by atoms with E-state index >= 15 is 0 Å². The van der Waals surface area contributed by atoms with Crippen molar-refractivity contribution in [3.63, 3.8) is 0 Å². The summed E-state index contributed by atoms with van der Waals surface area (Å²) < 4.78 is 5.04. The fourth-order valence-electron chi connectivity index (χ4n) is 3.24. The van der Waals surface area contributed by atoms with Gasteiger partial charge in [0.05, 0.1) is 7.11 Å². The van der Waals surface area contributed by atoms with E-state index in [0.29, 0.717) is 6.04 Å². The lowest BCUT2D eigenvalue weighted by Crippen LogP contribution is -2.54. The molecule has 20 heavy (non-hydrogen) atoms. The molecule has 0 heterocycles. The second-order valence-corrected chi connectivity index (χ2v) is 6.47. The van der Waals surface area contributed by atoms with E-state index in [1.807, 2.05) is 6.92 Å². The third-order valence-corrected chi connectivity index (χ3v) is 4.54. The van der Waals surface area contributed by atoms with Crippen molar-refractivity contribution in [2.45, 2.75) is 96.1 Å². The lowest BCUT2D eigenvalue weighted by atomic mass is 9.91. The summed E-state index contributed by atoms with van der Waals surface area (Å²) in [6.07, 6.45) is 13.3. The molecular weight excluding hydrogens is 250 g/mol. The topological polar surface area (TPSA) is 38.3 Å². The van der Waals surface area contributed by atoms with Gasteiger partial charge in [0.25, 0.3) is 0 Å². The van der Waals surface area contributed by atoms with E-state index in [2.05, 4.69) is 12.2 Å². The van der Waals surface area contributed by atoms with Crippen molar-refractivity contribution >= 4 is 5.97 Å². The lowest BCUT2D eigenvalue weighted by Gasteiger charge is -2.32. The Morgan fingerprint density at radius 2 is 1.80 bits per heavy atom. The molecule has 3 heteroatoms. The van der Waals surface area contributed by atoms with E-state index in [1.54, 1.807) is 0 Å². The first-order valence-electron chi connectivity index (χ1n) is 8.48. The number of nitrogens with one attached hydrogen (secondary N) is 1. The average molecular weight is 283 g/mol. The molecule has 1 fully saturated rings. The van der Waals surface area contributed by atoms with Gasteiger partial charge in [-0.3, -0.25) is 10.1 Å². The maximum Gasteiger partial charge on any atom is 0.325 e. The predicted octanol–water partition coefficient (Wildman–Crippen LogP) is 4.20. The summed E-state index contributed by atoms with van der Waals surface area (Å²) in [6.45, 7) is 4.24. The van der Waals surface area contributed by atoms with Crippen LogP contribution in [0.4, 0.5) is 0 Å². The number of carbonyl (C=O) groups is 1. The van der Waals surface area contributed by atoms with Gasteiger partial charge in [0.2, 0.25) is 0 Å². The molecule has 118 valence electrons. The second kappa shape index (κ2) is 9.38. The van der Waals surface area contributed by atoms with Crippen molar-refractivity contribution in [2.24, 2.45) is 0 Å². The summed E-state index contributed by atoms with van der Waals surface area (Å²) >= 11 is 0. The van der Waals surface area contributed by atoms with Crippen LogP contribution in [0.1, 0.15) is 84.5 Å². The fourth-order valence-corrected chi connectivity index (χ4v) is 3.24. The van der Waals surface area contributed by atoms with Crippen molar-refractivity contribution in [3.05, 3.63) is 0 Å². The minimum Gasteiger partial charge on any atom is -0.468 e. The maximum absolute atomic E-state index is 12.2. The zero-order valence-electron chi connectivity index (χ0n) is 13.7. The zero-order chi connectivity index (χ0) is 14.8. The summed E-state index contributed by atoms with van der Waals surface area (Å²) in [5, 5.41) is 3.63. The van der Waals surface area contributed by atoms with Crippen LogP contribution in [0.2, 0.25) is 0 Å². The molecule has 0 aromatic heterocycles. The van der Waals surface area contributed by atoms with Gasteiger partial charge in [0.1, 0.15) is 5.54 Å². The molecule has 0 aromatic carbocycles. The molecule has 1 saturated carbocycles. The van der Waals surface area contributed by atoms with Crippen molar-refractivity contribution < 1.29 is 9.53 Å². The fraction of sp³-hybridized carbons (Fsp3) is 0.941. The zero-order valence-corrected chi connectivity index (χ0v) is 13.7. The Balaban J connectivity index is 2.54. The average Bonchev–Trinajstić information content (AvgIpc) is 2.71. The Hall–Kier alpha value is -0.570. The van der Waals surface area contributed by atoms with E-state index < -0.39 is 5.54 Å². The number of carbonyl (C=O) groups excluding carboxylic acids is 1. The van der Waals surface area contributed by atoms with Crippen LogP contribution in [0.5, 0.6) is 0 Å². The molecule has 1 aliphatic rings. The molecular formula is C17H33NO2. The number of hydrogen-bond acceptors (Lipinski definition) is 3. The Morgan fingerprint density at radius 3 is 2.35 bits per heavy atom. The van der Waals surface area contributed by atoms with Gasteiger partial charge in [0, 0.05) is 6.04 Å². The Kier molecular flexibility index (Phi) is 8.20. The summed E-state index contributed by atoms with van der Waals surface area (Å²) in [4.78, 5) is 12.2. The molecule has 1 aliphatic carbocycles. The molecule has 1 N–H and O–H groups in total. The van der Waals surface area contributed by atoms with Crippen molar-refractivity contribution in [2.75, 3.05) is 7.11 Å². The van der Waals surface area contributed by atoms with Gasteiger partial charge in [-0.15, -0.1) is 0 Å². The summed E-state index contributed by atoms with van der Waals surface area (Å²) in [6, 6.07) is 0.479. The van der Waals surface area contributed by atoms with Gasteiger partial charge in [-0.05, 0) is 26.2 Å². The molecule has 0 aliphatic heterocycles. The van der Waals surface area contributed by atoms with Crippen LogP contribution in [0, 0.1) is 0 Å². The molecule has 3 nitrogen and oxygen atoms in total. The normalized spacial score (nSPS) is 20.1. The molecule has 0 bridgehead atoms. The van der Waals surface area contributed by atoms with E-state index in [9.17, 15) is 4.79 Å². The van der Waals surface area contributed by atoms with Crippen LogP contribution >= 0.6 is 0 Å². The van der Waals surface area contributed by atoms with E-state index in [0.717, 1.165) is 12.8 Å². The largest absolute Gasteiger partial charge is 0.468 e. The highest BCUT2D eigenvalue weighted by atomic mass is 16.5. The monoisotopic (exact) mass is 283 g/mol. The Morgan fingerprint density at radius 1 is 1.15 bits per heavy atom. The molecule has 0 saturated heterocycles. The molecule has 0 aromatic rings. The van der Waals surface area contributed by atoms with Gasteiger partial charge in [-0.25, -0.2) is 0 Å². The Bertz CT molecular complexity index is 272. The number of unbranched alkanes of at least 4 members (excludes halogenated alkanes) is 3. The van der Waals surface area contributed by atoms with Crippen molar-refractivity contribution in [1.82, 2.24) is 5.32 Å². The van der Waals surface area contributed by atoms with Gasteiger partial charge in [-0.1, -0.05) is 58.3 Å². The SMILES string of the molecule is CCCCCCC(C)(NC1CCCCCC1)C(=O)OC. The summed E-state index contributed by atoms with van der Waals surface area (Å²) in [5.41, 5.74) is -0.502. The van der Waals surface area contributed by atoms with E-state index in [-0.39, 0.29) is 5.97 Å². The highest BCUT2D eigenvalue weighted by molar-refractivity contribution is 5.80. The van der Waals surface area contributed by atoms with Gasteiger partial charge in [-0.2, -0.15) is 0 Å². The first kappa shape index (κ1) is 17.5. The second-order valence-electron chi connectivity index (χ2n) is 6.47. The smallest absolute Gasteiger partial charge is 0.325 e. The van der Waals surface area contributed by atoms with E-state index in [4.69, 9.17) is 4.74 Å². The van der Waals surface area contributed by atoms with Gasteiger partial charge in [0.15, 0.2) is 0 Å². The minimum absolute atomic E-state index is 0.0988. The number of hydrogen-bond donors (Lipinski definition) is 1. The summed E-state index contributed by atoms with van der Waals surface area (Å²) in [7, 11) is 1.50. The quantitative estimate of drug-likeness (QED) is 0.412. The predicted molar refractivity (Wildman–Crippen MR) is 83.8 cm³/mol. The van der Waals surface area contributed by atoms with Crippen LogP contribution in [0.3, 0.4) is 0 Å². The highest BCUT2D eigenvalue weighted by Gasteiger charge is 2.35. The third kappa shape index (κ3) is 5.82. The van der Waals surface area contributed by atoms with Crippen LogP contribution in [0.25, 0.3) is 0 Å². The van der Waals surface area contributed by atoms with Crippen LogP contribution in [-0.4, -0.2) is 24.7 Å². The third-order valence-electron chi connectivity index (χ3n) is 4.54. The van der Waals surface area contributed by atoms with Gasteiger partial charge >= 0.3 is 5.97 Å². The van der Waals surface area contributed by atoms with Crippen LogP contribution in [0.15, 0.2) is 0 Å². The van der Waals surface area contributed by atoms with Gasteiger partial charge < -0.3 is 4.74 Å². The molecule has 1 rings (SSSR count). The lowest BCUT2D eigenvalue weighted by molar-refractivity contribution is -0.148. The minimum atomic E-state index is -0.502. The first-order chi connectivity index (χ1) is 9.62. The first-order valence-corrected chi connectivity index (χ1v) is 8.48. The highest BCUT2D eigenvalue weighted by Crippen LogP contribution is 2.23. The van der Waals surface area contributed by atoms with Crippen molar-refractivity contribution in [1.29, 1.82) is 0 Å². The number of rotatable bonds is 8. The number of esters is 1. The standard InChI is InChI=1S/C17H33NO2/c1-4-5-6-11-14-17(2,16(19)20-3)18-15-12-9-7-8-10-13-15/h15,18H,4-14H2,1-3H3. The van der Waals surface area contributed by atoms with E-state index in [1.165, 1.54) is 64.9 Å². The van der Waals surface area contributed by atoms with Crippen molar-refractivity contribution in [3.8, 4) is 0 Å². The number of methoxy groups -OCH3 is 1. The van der Waals surface area contributed by atoms with Crippen LogP contribution < -0.4 is 5.32 Å². The molecule has 0 spiro atoms. The number of ether oxygens (including phenoxy) is 1. The van der Waals surface area contributed by atoms with Crippen LogP contribution in [-0.2, 0) is 9.53 Å². The maximum atomic E-state index is 12.2. The molecule has 1 atom stereocenters. The molecule has 0 radical (unpaired) electrons. The molecule has 0 amide bonds.